The SMILES string of the molecule is COC(C)C(=O)NC(CC1CC1)C(=O)N1C[C@H]2[C@@H]([C@H]1C(=O)NC(C#N)c1nncc3ccccc13)C2(C)C. The second kappa shape index (κ2) is 9.95. The number of benzene rings is 1. The number of nitrogens with zero attached hydrogens (tertiary/aromatic N) is 4. The highest BCUT2D eigenvalue weighted by Crippen LogP contribution is 2.65. The highest BCUT2D eigenvalue weighted by molar-refractivity contribution is 5.94. The summed E-state index contributed by atoms with van der Waals surface area (Å²) in [6, 6.07) is 7.10. The zero-order chi connectivity index (χ0) is 27.2. The van der Waals surface area contributed by atoms with E-state index in [4.69, 9.17) is 4.74 Å². The van der Waals surface area contributed by atoms with Crippen LogP contribution in [0.2, 0.25) is 0 Å². The van der Waals surface area contributed by atoms with Gasteiger partial charge in [0.15, 0.2) is 6.04 Å². The first-order valence-electron chi connectivity index (χ1n) is 13.2. The van der Waals surface area contributed by atoms with Crippen LogP contribution in [0.15, 0.2) is 30.5 Å². The fourth-order valence-electron chi connectivity index (χ4n) is 5.97. The Labute approximate surface area is 222 Å². The average molecular weight is 519 g/mol. The fraction of sp³-hybridized carbons (Fsp3) is 0.571. The molecule has 3 unspecified atom stereocenters. The predicted octanol–water partition coefficient (Wildman–Crippen LogP) is 2.11. The van der Waals surface area contributed by atoms with Crippen molar-refractivity contribution in [3.8, 4) is 6.07 Å². The molecule has 0 spiro atoms. The zero-order valence-corrected chi connectivity index (χ0v) is 22.2. The summed E-state index contributed by atoms with van der Waals surface area (Å²) in [7, 11) is 1.45. The molecule has 2 aromatic rings. The van der Waals surface area contributed by atoms with Crippen molar-refractivity contribution in [3.05, 3.63) is 36.2 Å². The molecular weight excluding hydrogens is 484 g/mol. The van der Waals surface area contributed by atoms with Crippen LogP contribution in [-0.2, 0) is 19.1 Å². The van der Waals surface area contributed by atoms with Gasteiger partial charge in [0.25, 0.3) is 0 Å². The predicted molar refractivity (Wildman–Crippen MR) is 138 cm³/mol. The molecule has 38 heavy (non-hydrogen) atoms. The minimum absolute atomic E-state index is 0.0282. The minimum Gasteiger partial charge on any atom is -0.372 e. The molecule has 200 valence electrons. The summed E-state index contributed by atoms with van der Waals surface area (Å²) in [6.07, 6.45) is 3.52. The number of piperidine rings is 1. The van der Waals surface area contributed by atoms with E-state index in [0.717, 1.165) is 23.6 Å². The van der Waals surface area contributed by atoms with Crippen molar-refractivity contribution < 1.29 is 19.1 Å². The molecule has 2 N–H and O–H groups in total. The zero-order valence-electron chi connectivity index (χ0n) is 22.2. The van der Waals surface area contributed by atoms with E-state index < -0.39 is 24.2 Å². The summed E-state index contributed by atoms with van der Waals surface area (Å²) < 4.78 is 5.14. The normalized spacial score (nSPS) is 25.6. The van der Waals surface area contributed by atoms with Crippen molar-refractivity contribution in [2.24, 2.45) is 23.2 Å². The molecule has 0 bridgehead atoms. The molecule has 5 rings (SSSR count). The molecule has 1 saturated heterocycles. The van der Waals surface area contributed by atoms with Crippen molar-refractivity contribution in [2.45, 2.75) is 64.3 Å². The Morgan fingerprint density at radius 3 is 2.66 bits per heavy atom. The highest BCUT2D eigenvalue weighted by atomic mass is 16.5. The quantitative estimate of drug-likeness (QED) is 0.519. The smallest absolute Gasteiger partial charge is 0.249 e. The minimum atomic E-state index is -1.02. The Morgan fingerprint density at radius 2 is 1.97 bits per heavy atom. The Morgan fingerprint density at radius 1 is 1.24 bits per heavy atom. The maximum absolute atomic E-state index is 13.9. The molecule has 3 amide bonds. The van der Waals surface area contributed by atoms with Crippen molar-refractivity contribution in [3.63, 3.8) is 0 Å². The molecule has 10 heteroatoms. The van der Waals surface area contributed by atoms with E-state index in [0.29, 0.717) is 24.6 Å². The first-order chi connectivity index (χ1) is 18.2. The first-order valence-corrected chi connectivity index (χ1v) is 13.2. The maximum Gasteiger partial charge on any atom is 0.249 e. The number of amides is 3. The van der Waals surface area contributed by atoms with Crippen molar-refractivity contribution >= 4 is 28.5 Å². The molecule has 2 heterocycles. The van der Waals surface area contributed by atoms with Crippen LogP contribution in [0.25, 0.3) is 10.8 Å². The number of carbonyl (C=O) groups is 3. The number of rotatable bonds is 9. The van der Waals surface area contributed by atoms with Gasteiger partial charge in [-0.25, -0.2) is 0 Å². The van der Waals surface area contributed by atoms with Gasteiger partial charge < -0.3 is 20.3 Å². The summed E-state index contributed by atoms with van der Waals surface area (Å²) in [6.45, 7) is 6.28. The lowest BCUT2D eigenvalue weighted by Gasteiger charge is -2.33. The number of nitrogens with one attached hydrogen (secondary N) is 2. The summed E-state index contributed by atoms with van der Waals surface area (Å²) in [4.78, 5) is 41.9. The standard InChI is InChI=1S/C28H34N6O4/c1-15(38-4)25(35)31-20(11-16-9-10-16)27(37)34-14-19-22(28(19,2)3)24(34)26(36)32-21(12-29)23-18-8-6-5-7-17(18)13-30-33-23/h5-8,13,15-16,19-22,24H,9-11,14H2,1-4H3,(H,31,35)(H,32,36)/t15?,19-,20?,21?,22-,24-/m0/s1. The van der Waals surface area contributed by atoms with Gasteiger partial charge in [0.1, 0.15) is 23.9 Å². The third-order valence-corrected chi connectivity index (χ3v) is 8.65. The maximum atomic E-state index is 13.9. The van der Waals surface area contributed by atoms with Gasteiger partial charge in [-0.15, -0.1) is 0 Å². The Kier molecular flexibility index (Phi) is 6.82. The molecule has 2 aliphatic carbocycles. The molecule has 2 saturated carbocycles. The summed E-state index contributed by atoms with van der Waals surface area (Å²) in [5, 5.41) is 25.4. The van der Waals surface area contributed by atoms with E-state index in [-0.39, 0.29) is 35.0 Å². The van der Waals surface area contributed by atoms with Gasteiger partial charge in [-0.2, -0.15) is 15.5 Å². The number of methoxy groups -OCH3 is 1. The van der Waals surface area contributed by atoms with Crippen LogP contribution >= 0.6 is 0 Å². The van der Waals surface area contributed by atoms with Gasteiger partial charge in [0, 0.05) is 24.4 Å². The largest absolute Gasteiger partial charge is 0.372 e. The molecule has 0 radical (unpaired) electrons. The second-order valence-electron chi connectivity index (χ2n) is 11.4. The summed E-state index contributed by atoms with van der Waals surface area (Å²) >= 11 is 0. The second-order valence-corrected chi connectivity index (χ2v) is 11.4. The van der Waals surface area contributed by atoms with Crippen LogP contribution in [0.4, 0.5) is 0 Å². The number of likely N-dealkylation sites (tertiary alicyclic amines) is 1. The van der Waals surface area contributed by atoms with Gasteiger partial charge in [0.05, 0.1) is 12.3 Å². The van der Waals surface area contributed by atoms with E-state index in [9.17, 15) is 19.6 Å². The Hall–Kier alpha value is -3.58. The van der Waals surface area contributed by atoms with Gasteiger partial charge in [-0.05, 0) is 36.5 Å². The molecule has 3 fully saturated rings. The molecule has 10 nitrogen and oxygen atoms in total. The van der Waals surface area contributed by atoms with Crippen molar-refractivity contribution in [1.82, 2.24) is 25.7 Å². The van der Waals surface area contributed by atoms with Gasteiger partial charge >= 0.3 is 0 Å². The van der Waals surface area contributed by atoms with Crippen LogP contribution in [0, 0.1) is 34.5 Å². The number of nitriles is 1. The van der Waals surface area contributed by atoms with Gasteiger partial charge in [-0.1, -0.05) is 51.0 Å². The Bertz CT molecular complexity index is 1300. The molecule has 1 aromatic carbocycles. The van der Waals surface area contributed by atoms with E-state index in [1.54, 1.807) is 18.0 Å². The number of hydrogen-bond acceptors (Lipinski definition) is 7. The van der Waals surface area contributed by atoms with Crippen LogP contribution < -0.4 is 10.6 Å². The number of ether oxygens (including phenoxy) is 1. The number of fused-ring (bicyclic) bond motifs is 2. The molecule has 3 aliphatic rings. The third-order valence-electron chi connectivity index (χ3n) is 8.65. The van der Waals surface area contributed by atoms with E-state index >= 15 is 0 Å². The summed E-state index contributed by atoms with van der Waals surface area (Å²) in [5.74, 6) is -0.461. The van der Waals surface area contributed by atoms with Crippen LogP contribution in [-0.4, -0.2) is 64.7 Å². The van der Waals surface area contributed by atoms with Gasteiger partial charge in [-0.3, -0.25) is 14.4 Å². The van der Waals surface area contributed by atoms with Crippen molar-refractivity contribution in [1.29, 1.82) is 5.26 Å². The van der Waals surface area contributed by atoms with Crippen LogP contribution in [0.5, 0.6) is 0 Å². The molecule has 1 aromatic heterocycles. The fourth-order valence-corrected chi connectivity index (χ4v) is 5.97. The molecule has 1 aliphatic heterocycles. The molecule has 6 atom stereocenters. The number of aromatic nitrogens is 2. The van der Waals surface area contributed by atoms with Crippen LogP contribution in [0.3, 0.4) is 0 Å². The van der Waals surface area contributed by atoms with Crippen LogP contribution in [0.1, 0.15) is 51.8 Å². The number of hydrogen-bond donors (Lipinski definition) is 2. The average Bonchev–Trinajstić information content (AvgIpc) is 3.77. The number of carbonyl (C=O) groups excluding carboxylic acids is 3. The lowest BCUT2D eigenvalue weighted by atomic mass is 9.98. The third kappa shape index (κ3) is 4.71. The topological polar surface area (TPSA) is 137 Å². The molecular formula is C28H34N6O4. The first kappa shape index (κ1) is 26.0. The lowest BCUT2D eigenvalue weighted by molar-refractivity contribution is -0.144. The van der Waals surface area contributed by atoms with Crippen molar-refractivity contribution in [2.75, 3.05) is 13.7 Å². The van der Waals surface area contributed by atoms with Gasteiger partial charge in [0.2, 0.25) is 17.7 Å². The van der Waals surface area contributed by atoms with E-state index in [1.165, 1.54) is 7.11 Å². The highest BCUT2D eigenvalue weighted by Gasteiger charge is 2.69. The Balaban J connectivity index is 1.39. The summed E-state index contributed by atoms with van der Waals surface area (Å²) in [5.41, 5.74) is 0.272. The van der Waals surface area contributed by atoms with E-state index in [1.807, 2.05) is 24.3 Å². The van der Waals surface area contributed by atoms with E-state index in [2.05, 4.69) is 40.7 Å². The monoisotopic (exact) mass is 518 g/mol. The lowest BCUT2D eigenvalue weighted by Crippen LogP contribution is -2.57.